The Kier molecular flexibility index (Phi) is 4.77. The fourth-order valence-electron chi connectivity index (χ4n) is 2.28. The fourth-order valence-corrected chi connectivity index (χ4v) is 2.28. The molecule has 2 aromatic rings. The molecule has 0 radical (unpaired) electrons. The summed E-state index contributed by atoms with van der Waals surface area (Å²) in [6.07, 6.45) is 0. The summed E-state index contributed by atoms with van der Waals surface area (Å²) in [6.45, 7) is 3.92. The first-order chi connectivity index (χ1) is 9.19. The van der Waals surface area contributed by atoms with Crippen molar-refractivity contribution in [3.05, 3.63) is 59.5 Å². The Hall–Kier alpha value is -1.58. The highest BCUT2D eigenvalue weighted by Gasteiger charge is 2.10. The van der Waals surface area contributed by atoms with Crippen molar-refractivity contribution in [1.82, 2.24) is 4.90 Å². The maximum Gasteiger partial charge on any atom is 0.129 e. The number of benzene rings is 1. The Morgan fingerprint density at radius 3 is 2.42 bits per heavy atom. The van der Waals surface area contributed by atoms with Crippen LogP contribution in [0.25, 0.3) is 0 Å². The summed E-state index contributed by atoms with van der Waals surface area (Å²) in [6, 6.07) is 14.3. The molecule has 0 aliphatic carbocycles. The minimum atomic E-state index is -0.0376. The van der Waals surface area contributed by atoms with Crippen molar-refractivity contribution in [3.63, 3.8) is 0 Å². The first kappa shape index (κ1) is 13.8. The van der Waals surface area contributed by atoms with E-state index in [1.54, 1.807) is 0 Å². The molecule has 0 unspecified atom stereocenters. The largest absolute Gasteiger partial charge is 0.462 e. The van der Waals surface area contributed by atoms with Crippen LogP contribution >= 0.6 is 0 Å². The predicted molar refractivity (Wildman–Crippen MR) is 75.8 cm³/mol. The number of likely N-dealkylation sites (N-methyl/N-ethyl adjacent to an activating group) is 1. The molecule has 0 amide bonds. The van der Waals surface area contributed by atoms with Crippen molar-refractivity contribution in [1.29, 1.82) is 0 Å². The second-order valence-corrected chi connectivity index (χ2v) is 5.03. The van der Waals surface area contributed by atoms with Gasteiger partial charge in [0.15, 0.2) is 0 Å². The average molecular weight is 259 g/mol. The van der Waals surface area contributed by atoms with Crippen molar-refractivity contribution in [3.8, 4) is 0 Å². The van der Waals surface area contributed by atoms with Gasteiger partial charge in [-0.3, -0.25) is 4.90 Å². The van der Waals surface area contributed by atoms with Crippen molar-refractivity contribution in [2.24, 2.45) is 0 Å². The number of aliphatic hydroxyl groups is 1. The van der Waals surface area contributed by atoms with Crippen LogP contribution in [0.4, 0.5) is 0 Å². The van der Waals surface area contributed by atoms with Crippen LogP contribution in [0, 0.1) is 0 Å². The second kappa shape index (κ2) is 6.55. The van der Waals surface area contributed by atoms with E-state index < -0.39 is 0 Å². The standard InChI is InChI=1S/C16H21NO2/c1-13(14-6-4-3-5-7-14)10-17(2)11-15-8-9-16(12-18)19-15/h3-9,13,18H,10-12H2,1-2H3/t13-/m0/s1. The van der Waals surface area contributed by atoms with Crippen LogP contribution in [0.5, 0.6) is 0 Å². The molecule has 0 fully saturated rings. The van der Waals surface area contributed by atoms with Crippen LogP contribution in [0.3, 0.4) is 0 Å². The normalized spacial score (nSPS) is 12.8. The molecule has 0 aliphatic rings. The second-order valence-electron chi connectivity index (χ2n) is 5.03. The molecule has 0 aliphatic heterocycles. The van der Waals surface area contributed by atoms with Gasteiger partial charge < -0.3 is 9.52 Å². The lowest BCUT2D eigenvalue weighted by Crippen LogP contribution is -2.22. The highest BCUT2D eigenvalue weighted by molar-refractivity contribution is 5.19. The van der Waals surface area contributed by atoms with Crippen molar-refractivity contribution >= 4 is 0 Å². The van der Waals surface area contributed by atoms with Gasteiger partial charge in [0.25, 0.3) is 0 Å². The molecule has 1 aromatic heterocycles. The van der Waals surface area contributed by atoms with E-state index in [1.165, 1.54) is 5.56 Å². The van der Waals surface area contributed by atoms with Crippen LogP contribution < -0.4 is 0 Å². The summed E-state index contributed by atoms with van der Waals surface area (Å²) in [7, 11) is 2.08. The zero-order chi connectivity index (χ0) is 13.7. The molecule has 1 heterocycles. The molecule has 0 saturated heterocycles. The van der Waals surface area contributed by atoms with Crippen LogP contribution in [-0.2, 0) is 13.2 Å². The lowest BCUT2D eigenvalue weighted by molar-refractivity contribution is 0.230. The van der Waals surface area contributed by atoms with Gasteiger partial charge in [-0.2, -0.15) is 0 Å². The molecule has 0 bridgehead atoms. The molecule has 1 aromatic carbocycles. The highest BCUT2D eigenvalue weighted by atomic mass is 16.4. The third kappa shape index (κ3) is 3.94. The molecule has 3 nitrogen and oxygen atoms in total. The summed E-state index contributed by atoms with van der Waals surface area (Å²) in [5.74, 6) is 2.00. The molecule has 19 heavy (non-hydrogen) atoms. The molecular weight excluding hydrogens is 238 g/mol. The SMILES string of the molecule is C[C@@H](CN(C)Cc1ccc(CO)o1)c1ccccc1. The van der Waals surface area contributed by atoms with Gasteiger partial charge >= 0.3 is 0 Å². The van der Waals surface area contributed by atoms with E-state index in [1.807, 2.05) is 18.2 Å². The van der Waals surface area contributed by atoms with Crippen LogP contribution in [0.2, 0.25) is 0 Å². The Morgan fingerprint density at radius 2 is 1.79 bits per heavy atom. The van der Waals surface area contributed by atoms with E-state index >= 15 is 0 Å². The van der Waals surface area contributed by atoms with Gasteiger partial charge in [0.1, 0.15) is 18.1 Å². The third-order valence-electron chi connectivity index (χ3n) is 3.25. The lowest BCUT2D eigenvalue weighted by atomic mass is 10.0. The maximum absolute atomic E-state index is 8.97. The summed E-state index contributed by atoms with van der Waals surface area (Å²) >= 11 is 0. The molecule has 2 rings (SSSR count). The third-order valence-corrected chi connectivity index (χ3v) is 3.25. The zero-order valence-corrected chi connectivity index (χ0v) is 11.5. The van der Waals surface area contributed by atoms with E-state index in [0.717, 1.165) is 18.8 Å². The van der Waals surface area contributed by atoms with Crippen LogP contribution in [0.1, 0.15) is 29.9 Å². The van der Waals surface area contributed by atoms with E-state index in [4.69, 9.17) is 9.52 Å². The van der Waals surface area contributed by atoms with Gasteiger partial charge in [0.05, 0.1) is 6.54 Å². The summed E-state index contributed by atoms with van der Waals surface area (Å²) in [5.41, 5.74) is 1.35. The van der Waals surface area contributed by atoms with E-state index in [2.05, 4.69) is 43.1 Å². The van der Waals surface area contributed by atoms with Gasteiger partial charge in [0, 0.05) is 6.54 Å². The highest BCUT2D eigenvalue weighted by Crippen LogP contribution is 2.17. The number of rotatable bonds is 6. The summed E-state index contributed by atoms with van der Waals surface area (Å²) < 4.78 is 5.50. The van der Waals surface area contributed by atoms with E-state index in [0.29, 0.717) is 11.7 Å². The van der Waals surface area contributed by atoms with E-state index in [-0.39, 0.29) is 6.61 Å². The van der Waals surface area contributed by atoms with Crippen molar-refractivity contribution in [2.75, 3.05) is 13.6 Å². The van der Waals surface area contributed by atoms with Gasteiger partial charge in [-0.05, 0) is 30.7 Å². The van der Waals surface area contributed by atoms with Gasteiger partial charge in [-0.25, -0.2) is 0 Å². The monoisotopic (exact) mass is 259 g/mol. The Morgan fingerprint density at radius 1 is 1.11 bits per heavy atom. The molecule has 0 saturated carbocycles. The summed E-state index contributed by atoms with van der Waals surface area (Å²) in [5, 5.41) is 8.97. The maximum atomic E-state index is 8.97. The number of hydrogen-bond donors (Lipinski definition) is 1. The lowest BCUT2D eigenvalue weighted by Gasteiger charge is -2.20. The van der Waals surface area contributed by atoms with Gasteiger partial charge in [0.2, 0.25) is 0 Å². The molecule has 0 spiro atoms. The number of nitrogens with zero attached hydrogens (tertiary/aromatic N) is 1. The number of aliphatic hydroxyl groups excluding tert-OH is 1. The van der Waals surface area contributed by atoms with Gasteiger partial charge in [-0.15, -0.1) is 0 Å². The molecular formula is C16H21NO2. The minimum Gasteiger partial charge on any atom is -0.462 e. The molecule has 3 heteroatoms. The Bertz CT molecular complexity index is 492. The fraction of sp³-hybridized carbons (Fsp3) is 0.375. The smallest absolute Gasteiger partial charge is 0.129 e. The quantitative estimate of drug-likeness (QED) is 0.866. The van der Waals surface area contributed by atoms with Gasteiger partial charge in [-0.1, -0.05) is 37.3 Å². The van der Waals surface area contributed by atoms with E-state index in [9.17, 15) is 0 Å². The molecule has 1 N–H and O–H groups in total. The number of furan rings is 1. The minimum absolute atomic E-state index is 0.0376. The van der Waals surface area contributed by atoms with Crippen LogP contribution in [-0.4, -0.2) is 23.6 Å². The molecule has 102 valence electrons. The first-order valence-electron chi connectivity index (χ1n) is 6.61. The zero-order valence-electron chi connectivity index (χ0n) is 11.5. The van der Waals surface area contributed by atoms with Crippen molar-refractivity contribution < 1.29 is 9.52 Å². The first-order valence-corrected chi connectivity index (χ1v) is 6.61. The van der Waals surface area contributed by atoms with Crippen LogP contribution in [0.15, 0.2) is 46.9 Å². The average Bonchev–Trinajstić information content (AvgIpc) is 2.87. The van der Waals surface area contributed by atoms with Crippen molar-refractivity contribution in [2.45, 2.75) is 26.0 Å². The summed E-state index contributed by atoms with van der Waals surface area (Å²) in [4.78, 5) is 2.23. The predicted octanol–water partition coefficient (Wildman–Crippen LogP) is 3.01. The Labute approximate surface area is 114 Å². The molecule has 1 atom stereocenters. The number of hydrogen-bond acceptors (Lipinski definition) is 3. The topological polar surface area (TPSA) is 36.6 Å². The Balaban J connectivity index is 1.88.